The van der Waals surface area contributed by atoms with E-state index in [-0.39, 0.29) is 0 Å². The third-order valence-corrected chi connectivity index (χ3v) is 4.47. The van der Waals surface area contributed by atoms with Gasteiger partial charge in [-0.15, -0.1) is 0 Å². The molecule has 2 aromatic carbocycles. The van der Waals surface area contributed by atoms with Gasteiger partial charge in [0.1, 0.15) is 0 Å². The molecule has 4 N–H and O–H groups in total. The molecule has 4 heteroatoms. The molecule has 2 rings (SSSR count). The number of benzene rings is 2. The lowest BCUT2D eigenvalue weighted by Gasteiger charge is -2.05. The zero-order valence-corrected chi connectivity index (χ0v) is 10.2. The van der Waals surface area contributed by atoms with Crippen molar-refractivity contribution in [3.05, 3.63) is 48.5 Å². The van der Waals surface area contributed by atoms with Crippen LogP contribution < -0.4 is 11.5 Å². The van der Waals surface area contributed by atoms with Gasteiger partial charge in [-0.25, -0.2) is 0 Å². The quantitative estimate of drug-likeness (QED) is 0.643. The first-order chi connectivity index (χ1) is 7.75. The lowest BCUT2D eigenvalue weighted by atomic mass is 10.3. The largest absolute Gasteiger partial charge is 0.399 e. The highest BCUT2D eigenvalue weighted by atomic mass is 33.1. The van der Waals surface area contributed by atoms with Crippen LogP contribution in [0.3, 0.4) is 0 Å². The first-order valence-electron chi connectivity index (χ1n) is 4.80. The summed E-state index contributed by atoms with van der Waals surface area (Å²) >= 11 is 0. The van der Waals surface area contributed by atoms with E-state index < -0.39 is 0 Å². The van der Waals surface area contributed by atoms with Crippen molar-refractivity contribution < 1.29 is 0 Å². The fourth-order valence-corrected chi connectivity index (χ4v) is 3.29. The monoisotopic (exact) mass is 248 g/mol. The molecule has 2 aromatic rings. The number of nitrogen functional groups attached to an aromatic ring is 2. The number of rotatable bonds is 3. The van der Waals surface area contributed by atoms with Crippen LogP contribution in [0.5, 0.6) is 0 Å². The second kappa shape index (κ2) is 5.18. The van der Waals surface area contributed by atoms with Crippen molar-refractivity contribution in [3.8, 4) is 0 Å². The average Bonchev–Trinajstić information content (AvgIpc) is 2.29. The van der Waals surface area contributed by atoms with E-state index >= 15 is 0 Å². The Morgan fingerprint density at radius 3 is 2.25 bits per heavy atom. The normalized spacial score (nSPS) is 10.2. The zero-order chi connectivity index (χ0) is 11.4. The van der Waals surface area contributed by atoms with Crippen LogP contribution in [0.2, 0.25) is 0 Å². The van der Waals surface area contributed by atoms with Gasteiger partial charge in [0, 0.05) is 21.2 Å². The van der Waals surface area contributed by atoms with E-state index in [0.717, 1.165) is 10.6 Å². The van der Waals surface area contributed by atoms with Gasteiger partial charge in [0.05, 0.1) is 0 Å². The number of nitrogens with two attached hydrogens (primary N) is 2. The zero-order valence-electron chi connectivity index (χ0n) is 8.59. The van der Waals surface area contributed by atoms with Crippen LogP contribution >= 0.6 is 21.6 Å². The Hall–Kier alpha value is -1.26. The van der Waals surface area contributed by atoms with Gasteiger partial charge < -0.3 is 11.5 Å². The van der Waals surface area contributed by atoms with Gasteiger partial charge in [-0.05, 0) is 30.3 Å². The molecule has 82 valence electrons. The molecule has 0 saturated carbocycles. The minimum atomic E-state index is 0.701. The lowest BCUT2D eigenvalue weighted by molar-refractivity contribution is 1.46. The van der Waals surface area contributed by atoms with Gasteiger partial charge in [-0.2, -0.15) is 0 Å². The Bertz CT molecular complexity index is 472. The molecule has 0 amide bonds. The molecule has 0 aromatic heterocycles. The fraction of sp³-hybridized carbons (Fsp3) is 0. The standard InChI is InChI=1S/C12H12N2S2/c13-9-6-7-12(11(14)8-9)16-15-10-4-2-1-3-5-10/h1-8H,13-14H2. The van der Waals surface area contributed by atoms with Crippen LogP contribution in [0.15, 0.2) is 58.3 Å². The van der Waals surface area contributed by atoms with Gasteiger partial charge >= 0.3 is 0 Å². The van der Waals surface area contributed by atoms with Gasteiger partial charge in [0.2, 0.25) is 0 Å². The molecule has 2 nitrogen and oxygen atoms in total. The first kappa shape index (κ1) is 11.2. The lowest BCUT2D eigenvalue weighted by Crippen LogP contribution is -1.91. The van der Waals surface area contributed by atoms with Gasteiger partial charge in [-0.3, -0.25) is 0 Å². The summed E-state index contributed by atoms with van der Waals surface area (Å²) in [4.78, 5) is 2.26. The SMILES string of the molecule is Nc1ccc(SSc2ccccc2)c(N)c1. The molecule has 0 radical (unpaired) electrons. The summed E-state index contributed by atoms with van der Waals surface area (Å²) in [7, 11) is 3.33. The Kier molecular flexibility index (Phi) is 3.64. The summed E-state index contributed by atoms with van der Waals surface area (Å²) in [6, 6.07) is 15.8. The molecule has 0 spiro atoms. The summed E-state index contributed by atoms with van der Waals surface area (Å²) < 4.78 is 0. The number of anilines is 2. The average molecular weight is 248 g/mol. The van der Waals surface area contributed by atoms with Crippen molar-refractivity contribution in [2.24, 2.45) is 0 Å². The molecule has 0 atom stereocenters. The first-order valence-corrected chi connectivity index (χ1v) is 6.95. The molecule has 0 heterocycles. The van der Waals surface area contributed by atoms with Gasteiger partial charge in [0.25, 0.3) is 0 Å². The Morgan fingerprint density at radius 2 is 1.56 bits per heavy atom. The van der Waals surface area contributed by atoms with Crippen molar-refractivity contribution in [1.29, 1.82) is 0 Å². The summed E-state index contributed by atoms with van der Waals surface area (Å²) in [6.45, 7) is 0. The van der Waals surface area contributed by atoms with E-state index in [0.29, 0.717) is 5.69 Å². The van der Waals surface area contributed by atoms with Crippen LogP contribution in [0.25, 0.3) is 0 Å². The maximum atomic E-state index is 5.87. The summed E-state index contributed by atoms with van der Waals surface area (Å²) in [5.41, 5.74) is 12.9. The third-order valence-electron chi connectivity index (χ3n) is 2.00. The van der Waals surface area contributed by atoms with Crippen LogP contribution in [0, 0.1) is 0 Å². The minimum absolute atomic E-state index is 0.701. The second-order valence-electron chi connectivity index (χ2n) is 3.28. The van der Waals surface area contributed by atoms with Crippen LogP contribution in [0.1, 0.15) is 0 Å². The highest BCUT2D eigenvalue weighted by Crippen LogP contribution is 2.40. The Balaban J connectivity index is 2.05. The van der Waals surface area contributed by atoms with Crippen molar-refractivity contribution in [2.75, 3.05) is 11.5 Å². The summed E-state index contributed by atoms with van der Waals surface area (Å²) in [5.74, 6) is 0. The van der Waals surface area contributed by atoms with E-state index in [2.05, 4.69) is 12.1 Å². The van der Waals surface area contributed by atoms with E-state index in [1.807, 2.05) is 30.3 Å². The smallest absolute Gasteiger partial charge is 0.0481 e. The Labute approximate surface area is 103 Å². The topological polar surface area (TPSA) is 52.0 Å². The molecule has 0 bridgehead atoms. The molecular formula is C12H12N2S2. The van der Waals surface area contributed by atoms with E-state index in [4.69, 9.17) is 11.5 Å². The van der Waals surface area contributed by atoms with Crippen LogP contribution in [-0.2, 0) is 0 Å². The van der Waals surface area contributed by atoms with E-state index in [1.54, 1.807) is 27.7 Å². The van der Waals surface area contributed by atoms with Crippen molar-refractivity contribution in [2.45, 2.75) is 9.79 Å². The maximum Gasteiger partial charge on any atom is 0.0481 e. The van der Waals surface area contributed by atoms with Crippen molar-refractivity contribution in [3.63, 3.8) is 0 Å². The summed E-state index contributed by atoms with van der Waals surface area (Å²) in [5, 5.41) is 0. The van der Waals surface area contributed by atoms with E-state index in [1.165, 1.54) is 4.90 Å². The van der Waals surface area contributed by atoms with Gasteiger partial charge in [-0.1, -0.05) is 39.8 Å². The van der Waals surface area contributed by atoms with Crippen molar-refractivity contribution >= 4 is 33.0 Å². The fourth-order valence-electron chi connectivity index (χ4n) is 1.21. The number of hydrogen-bond acceptors (Lipinski definition) is 4. The molecule has 0 aliphatic heterocycles. The molecule has 0 aliphatic rings. The van der Waals surface area contributed by atoms with Gasteiger partial charge in [0.15, 0.2) is 0 Å². The molecule has 0 saturated heterocycles. The van der Waals surface area contributed by atoms with Crippen LogP contribution in [-0.4, -0.2) is 0 Å². The second-order valence-corrected chi connectivity index (χ2v) is 5.52. The third kappa shape index (κ3) is 2.87. The molecule has 16 heavy (non-hydrogen) atoms. The maximum absolute atomic E-state index is 5.87. The molecule has 0 aliphatic carbocycles. The molecular weight excluding hydrogens is 236 g/mol. The van der Waals surface area contributed by atoms with Crippen molar-refractivity contribution in [1.82, 2.24) is 0 Å². The minimum Gasteiger partial charge on any atom is -0.399 e. The molecule has 0 unspecified atom stereocenters. The van der Waals surface area contributed by atoms with Crippen LogP contribution in [0.4, 0.5) is 11.4 Å². The highest BCUT2D eigenvalue weighted by molar-refractivity contribution is 8.76. The predicted octanol–water partition coefficient (Wildman–Crippen LogP) is 3.65. The summed E-state index contributed by atoms with van der Waals surface area (Å²) in [6.07, 6.45) is 0. The number of hydrogen-bond donors (Lipinski definition) is 2. The highest BCUT2D eigenvalue weighted by Gasteiger charge is 2.01. The Morgan fingerprint density at radius 1 is 0.812 bits per heavy atom. The predicted molar refractivity (Wildman–Crippen MR) is 73.4 cm³/mol. The van der Waals surface area contributed by atoms with E-state index in [9.17, 15) is 0 Å². The molecule has 0 fully saturated rings.